The number of aromatic nitrogens is 1. The first-order chi connectivity index (χ1) is 8.99. The van der Waals surface area contributed by atoms with Crippen LogP contribution in [-0.4, -0.2) is 37.1 Å². The topological polar surface area (TPSA) is 80.3 Å². The molecule has 2 N–H and O–H groups in total. The third kappa shape index (κ3) is 4.29. The zero-order valence-corrected chi connectivity index (χ0v) is 12.4. The average Bonchev–Trinajstić information content (AvgIpc) is 2.73. The highest BCUT2D eigenvalue weighted by atomic mass is 32.1. The molecular formula is C12H19N3O3S. The minimum Gasteiger partial charge on any atom is -0.462 e. The number of hydrogen-bond donors (Lipinski definition) is 2. The van der Waals surface area contributed by atoms with Gasteiger partial charge in [-0.1, -0.05) is 25.2 Å². The van der Waals surface area contributed by atoms with Gasteiger partial charge in [0, 0.05) is 0 Å². The predicted octanol–water partition coefficient (Wildman–Crippen LogP) is 1.60. The van der Waals surface area contributed by atoms with E-state index in [0.29, 0.717) is 22.3 Å². The molecule has 1 aromatic rings. The smallest absolute Gasteiger partial charge is 0.350 e. The van der Waals surface area contributed by atoms with Gasteiger partial charge in [0.2, 0.25) is 5.91 Å². The molecule has 0 spiro atoms. The summed E-state index contributed by atoms with van der Waals surface area (Å²) in [6, 6.07) is 0. The summed E-state index contributed by atoms with van der Waals surface area (Å²) >= 11 is 1.14. The predicted molar refractivity (Wildman–Crippen MR) is 74.7 cm³/mol. The molecule has 0 unspecified atom stereocenters. The number of anilines is 1. The van der Waals surface area contributed by atoms with Crippen molar-refractivity contribution in [3.63, 3.8) is 0 Å². The fraction of sp³-hybridized carbons (Fsp3) is 0.583. The molecule has 1 heterocycles. The van der Waals surface area contributed by atoms with Crippen molar-refractivity contribution in [2.75, 3.05) is 25.5 Å². The highest BCUT2D eigenvalue weighted by molar-refractivity contribution is 7.17. The SMILES string of the molecule is CCOC(=O)c1sc(NC(=O)CNC)nc1C(C)C. The molecule has 0 aliphatic carbocycles. The lowest BCUT2D eigenvalue weighted by Gasteiger charge is -2.03. The van der Waals surface area contributed by atoms with E-state index in [-0.39, 0.29) is 18.4 Å². The molecular weight excluding hydrogens is 266 g/mol. The number of esters is 1. The van der Waals surface area contributed by atoms with E-state index in [1.54, 1.807) is 14.0 Å². The van der Waals surface area contributed by atoms with Crippen LogP contribution in [-0.2, 0) is 9.53 Å². The standard InChI is InChI=1S/C12H19N3O3S/c1-5-18-11(17)10-9(7(2)3)15-12(19-10)14-8(16)6-13-4/h7,13H,5-6H2,1-4H3,(H,14,15,16). The second-order valence-electron chi connectivity index (χ2n) is 4.19. The van der Waals surface area contributed by atoms with Gasteiger partial charge in [-0.15, -0.1) is 0 Å². The highest BCUT2D eigenvalue weighted by Crippen LogP contribution is 2.29. The molecule has 1 rings (SSSR count). The first-order valence-corrected chi connectivity index (χ1v) is 6.93. The highest BCUT2D eigenvalue weighted by Gasteiger charge is 2.21. The van der Waals surface area contributed by atoms with E-state index < -0.39 is 5.97 Å². The normalized spacial score (nSPS) is 10.6. The van der Waals surface area contributed by atoms with E-state index in [2.05, 4.69) is 15.6 Å². The molecule has 0 aromatic carbocycles. The molecule has 0 saturated carbocycles. The molecule has 106 valence electrons. The maximum absolute atomic E-state index is 11.8. The van der Waals surface area contributed by atoms with Crippen LogP contribution in [0.3, 0.4) is 0 Å². The number of likely N-dealkylation sites (N-methyl/N-ethyl adjacent to an activating group) is 1. The van der Waals surface area contributed by atoms with Crippen LogP contribution < -0.4 is 10.6 Å². The number of carbonyl (C=O) groups excluding carboxylic acids is 2. The summed E-state index contributed by atoms with van der Waals surface area (Å²) in [5, 5.41) is 5.82. The van der Waals surface area contributed by atoms with Gasteiger partial charge >= 0.3 is 5.97 Å². The molecule has 6 nitrogen and oxygen atoms in total. The van der Waals surface area contributed by atoms with Gasteiger partial charge in [-0.05, 0) is 19.9 Å². The van der Waals surface area contributed by atoms with Crippen molar-refractivity contribution < 1.29 is 14.3 Å². The Bertz CT molecular complexity index is 457. The summed E-state index contributed by atoms with van der Waals surface area (Å²) in [6.07, 6.45) is 0. The zero-order chi connectivity index (χ0) is 14.4. The first-order valence-electron chi connectivity index (χ1n) is 6.11. The van der Waals surface area contributed by atoms with Crippen LogP contribution in [0.1, 0.15) is 42.1 Å². The minimum absolute atomic E-state index is 0.0885. The summed E-state index contributed by atoms with van der Waals surface area (Å²) in [6.45, 7) is 6.15. The van der Waals surface area contributed by atoms with E-state index in [1.165, 1.54) is 0 Å². The van der Waals surface area contributed by atoms with Crippen molar-refractivity contribution >= 4 is 28.3 Å². The fourth-order valence-electron chi connectivity index (χ4n) is 1.44. The largest absolute Gasteiger partial charge is 0.462 e. The Hall–Kier alpha value is -1.47. The summed E-state index contributed by atoms with van der Waals surface area (Å²) in [5.41, 5.74) is 0.656. The van der Waals surface area contributed by atoms with Crippen molar-refractivity contribution in [2.45, 2.75) is 26.7 Å². The molecule has 7 heteroatoms. The Morgan fingerprint density at radius 2 is 2.11 bits per heavy atom. The average molecular weight is 285 g/mol. The number of thiazole rings is 1. The lowest BCUT2D eigenvalue weighted by molar-refractivity contribution is -0.115. The van der Waals surface area contributed by atoms with Gasteiger partial charge in [-0.2, -0.15) is 0 Å². The van der Waals surface area contributed by atoms with Crippen LogP contribution in [0.15, 0.2) is 0 Å². The van der Waals surface area contributed by atoms with Crippen molar-refractivity contribution in [3.05, 3.63) is 10.6 Å². The molecule has 1 amide bonds. The van der Waals surface area contributed by atoms with Gasteiger partial charge in [-0.3, -0.25) is 4.79 Å². The van der Waals surface area contributed by atoms with Gasteiger partial charge in [0.25, 0.3) is 0 Å². The van der Waals surface area contributed by atoms with Crippen LogP contribution in [0.5, 0.6) is 0 Å². The summed E-state index contributed by atoms with van der Waals surface area (Å²) in [4.78, 5) is 28.0. The van der Waals surface area contributed by atoms with E-state index in [0.717, 1.165) is 11.3 Å². The van der Waals surface area contributed by atoms with Crippen LogP contribution in [0.4, 0.5) is 5.13 Å². The van der Waals surface area contributed by atoms with Crippen molar-refractivity contribution in [2.24, 2.45) is 0 Å². The minimum atomic E-state index is -0.391. The molecule has 0 atom stereocenters. The second-order valence-corrected chi connectivity index (χ2v) is 5.19. The van der Waals surface area contributed by atoms with E-state index in [4.69, 9.17) is 4.74 Å². The summed E-state index contributed by atoms with van der Waals surface area (Å²) in [5.74, 6) is -0.495. The molecule has 0 aliphatic heterocycles. The molecule has 19 heavy (non-hydrogen) atoms. The van der Waals surface area contributed by atoms with Crippen molar-refractivity contribution in [3.8, 4) is 0 Å². The molecule has 0 saturated heterocycles. The van der Waals surface area contributed by atoms with Crippen LogP contribution >= 0.6 is 11.3 Å². The van der Waals surface area contributed by atoms with Gasteiger partial charge in [0.05, 0.1) is 18.8 Å². The molecule has 0 radical (unpaired) electrons. The van der Waals surface area contributed by atoms with Crippen LogP contribution in [0, 0.1) is 0 Å². The Kier molecular flexibility index (Phi) is 5.91. The number of rotatable bonds is 6. The lowest BCUT2D eigenvalue weighted by Crippen LogP contribution is -2.24. The number of amides is 1. The quantitative estimate of drug-likeness (QED) is 0.776. The van der Waals surface area contributed by atoms with E-state index >= 15 is 0 Å². The fourth-order valence-corrected chi connectivity index (χ4v) is 2.47. The van der Waals surface area contributed by atoms with Gasteiger partial charge in [-0.25, -0.2) is 9.78 Å². The first kappa shape index (κ1) is 15.6. The van der Waals surface area contributed by atoms with Crippen molar-refractivity contribution in [1.29, 1.82) is 0 Å². The Labute approximate surface area is 116 Å². The second kappa shape index (κ2) is 7.20. The number of nitrogens with zero attached hydrogens (tertiary/aromatic N) is 1. The van der Waals surface area contributed by atoms with E-state index in [9.17, 15) is 9.59 Å². The Morgan fingerprint density at radius 3 is 2.63 bits per heavy atom. The monoisotopic (exact) mass is 285 g/mol. The van der Waals surface area contributed by atoms with Crippen LogP contribution in [0.2, 0.25) is 0 Å². The molecule has 0 aliphatic rings. The number of hydrogen-bond acceptors (Lipinski definition) is 6. The maximum Gasteiger partial charge on any atom is 0.350 e. The third-order valence-corrected chi connectivity index (χ3v) is 3.21. The van der Waals surface area contributed by atoms with Gasteiger partial charge < -0.3 is 15.4 Å². The number of nitrogens with one attached hydrogen (secondary N) is 2. The zero-order valence-electron chi connectivity index (χ0n) is 11.6. The van der Waals surface area contributed by atoms with Crippen LogP contribution in [0.25, 0.3) is 0 Å². The number of carbonyl (C=O) groups is 2. The number of ether oxygens (including phenoxy) is 1. The van der Waals surface area contributed by atoms with Crippen molar-refractivity contribution in [1.82, 2.24) is 10.3 Å². The lowest BCUT2D eigenvalue weighted by atomic mass is 10.1. The molecule has 0 bridgehead atoms. The third-order valence-electron chi connectivity index (χ3n) is 2.24. The molecule has 0 fully saturated rings. The summed E-state index contributed by atoms with van der Waals surface area (Å²) in [7, 11) is 1.69. The Balaban J connectivity index is 2.94. The van der Waals surface area contributed by atoms with E-state index in [1.807, 2.05) is 13.8 Å². The maximum atomic E-state index is 11.8. The summed E-state index contributed by atoms with van der Waals surface area (Å²) < 4.78 is 4.99. The Morgan fingerprint density at radius 1 is 1.42 bits per heavy atom. The van der Waals surface area contributed by atoms with Gasteiger partial charge in [0.15, 0.2) is 5.13 Å². The molecule has 1 aromatic heterocycles. The van der Waals surface area contributed by atoms with Gasteiger partial charge in [0.1, 0.15) is 4.88 Å².